The van der Waals surface area contributed by atoms with E-state index in [-0.39, 0.29) is 17.6 Å². The number of para-hydroxylation sites is 2. The molecule has 3 aromatic carbocycles. The number of ether oxygens (including phenoxy) is 1. The molecule has 5 rings (SSSR count). The number of nitriles is 1. The van der Waals surface area contributed by atoms with Gasteiger partial charge in [-0.3, -0.25) is 9.59 Å². The molecule has 204 valence electrons. The smallest absolute Gasteiger partial charge is 0.254 e. The Morgan fingerprint density at radius 2 is 1.56 bits per heavy atom. The van der Waals surface area contributed by atoms with E-state index in [0.29, 0.717) is 33.4 Å². The van der Waals surface area contributed by atoms with Gasteiger partial charge < -0.3 is 15.4 Å². The van der Waals surface area contributed by atoms with E-state index in [1.165, 1.54) is 23.1 Å². The van der Waals surface area contributed by atoms with Gasteiger partial charge >= 0.3 is 0 Å². The maximum atomic E-state index is 13.4. The molecule has 2 unspecified atom stereocenters. The molecule has 1 aliphatic rings. The molecule has 4 aromatic rings. The van der Waals surface area contributed by atoms with Crippen LogP contribution in [0.3, 0.4) is 0 Å². The standard InChI is InChI=1S/C32H26N4O3S2/c1-21-29(31(38)36-22-9-4-2-5-10-22)30(27-13-8-18-40-27)26(19-33)32(34-21)41-20-28(37)35-23-14-16-25(17-15-23)39-24-11-6-3-7-12-24/h2-18,26,30H,20H2,1H3,(H,35,37)(H,36,38). The van der Waals surface area contributed by atoms with E-state index in [1.54, 1.807) is 31.2 Å². The molecule has 2 N–H and O–H groups in total. The highest BCUT2D eigenvalue weighted by Gasteiger charge is 2.39. The van der Waals surface area contributed by atoms with Crippen LogP contribution in [0, 0.1) is 17.2 Å². The molecular weight excluding hydrogens is 553 g/mol. The minimum atomic E-state index is -0.707. The Morgan fingerprint density at radius 1 is 0.902 bits per heavy atom. The third kappa shape index (κ3) is 6.92. The molecule has 0 aliphatic carbocycles. The second-order valence-corrected chi connectivity index (χ2v) is 11.1. The molecule has 0 saturated carbocycles. The number of aliphatic imine (C=N–C) groups is 1. The maximum absolute atomic E-state index is 13.4. The van der Waals surface area contributed by atoms with Crippen molar-refractivity contribution < 1.29 is 14.3 Å². The first-order chi connectivity index (χ1) is 20.0. The molecule has 0 bridgehead atoms. The van der Waals surface area contributed by atoms with Crippen molar-refractivity contribution in [1.82, 2.24) is 0 Å². The summed E-state index contributed by atoms with van der Waals surface area (Å²) < 4.78 is 5.80. The highest BCUT2D eigenvalue weighted by Crippen LogP contribution is 2.43. The number of allylic oxidation sites excluding steroid dienone is 1. The van der Waals surface area contributed by atoms with Crippen molar-refractivity contribution >= 4 is 51.3 Å². The first kappa shape index (κ1) is 27.9. The zero-order valence-corrected chi connectivity index (χ0v) is 23.7. The van der Waals surface area contributed by atoms with Gasteiger partial charge in [0, 0.05) is 33.4 Å². The van der Waals surface area contributed by atoms with Crippen LogP contribution in [-0.4, -0.2) is 22.6 Å². The zero-order valence-electron chi connectivity index (χ0n) is 22.1. The number of nitrogens with zero attached hydrogens (tertiary/aromatic N) is 2. The molecule has 0 saturated heterocycles. The van der Waals surface area contributed by atoms with Crippen LogP contribution >= 0.6 is 23.1 Å². The molecule has 1 aliphatic heterocycles. The van der Waals surface area contributed by atoms with Gasteiger partial charge in [-0.25, -0.2) is 4.99 Å². The largest absolute Gasteiger partial charge is 0.457 e. The molecule has 2 amide bonds. The van der Waals surface area contributed by atoms with E-state index < -0.39 is 11.8 Å². The number of rotatable bonds is 8. The summed E-state index contributed by atoms with van der Waals surface area (Å²) in [6.07, 6.45) is 0. The molecule has 2 atom stereocenters. The van der Waals surface area contributed by atoms with Crippen LogP contribution in [0.5, 0.6) is 11.5 Å². The Kier molecular flexibility index (Phi) is 8.94. The Bertz CT molecular complexity index is 1610. The topological polar surface area (TPSA) is 104 Å². The molecular formula is C32H26N4O3S2. The van der Waals surface area contributed by atoms with Crippen LogP contribution in [-0.2, 0) is 9.59 Å². The molecule has 2 heterocycles. The molecule has 41 heavy (non-hydrogen) atoms. The first-order valence-electron chi connectivity index (χ1n) is 12.9. The van der Waals surface area contributed by atoms with E-state index in [9.17, 15) is 14.9 Å². The predicted octanol–water partition coefficient (Wildman–Crippen LogP) is 7.46. The second-order valence-electron chi connectivity index (χ2n) is 9.15. The number of nitrogens with one attached hydrogen (secondary N) is 2. The molecule has 0 radical (unpaired) electrons. The minimum Gasteiger partial charge on any atom is -0.457 e. The monoisotopic (exact) mass is 578 g/mol. The fourth-order valence-corrected chi connectivity index (χ4v) is 6.24. The van der Waals surface area contributed by atoms with Crippen molar-refractivity contribution in [3.63, 3.8) is 0 Å². The number of amides is 2. The van der Waals surface area contributed by atoms with Crippen LogP contribution in [0.25, 0.3) is 0 Å². The van der Waals surface area contributed by atoms with Crippen molar-refractivity contribution in [2.24, 2.45) is 10.9 Å². The Balaban J connectivity index is 1.29. The Morgan fingerprint density at radius 3 is 2.22 bits per heavy atom. The van der Waals surface area contributed by atoms with Gasteiger partial charge in [0.25, 0.3) is 5.91 Å². The summed E-state index contributed by atoms with van der Waals surface area (Å²) in [5.41, 5.74) is 2.28. The number of carbonyl (C=O) groups excluding carboxylic acids is 2. The average molecular weight is 579 g/mol. The number of thioether (sulfide) groups is 1. The van der Waals surface area contributed by atoms with Crippen molar-refractivity contribution in [1.29, 1.82) is 5.26 Å². The second kappa shape index (κ2) is 13.1. The van der Waals surface area contributed by atoms with E-state index in [4.69, 9.17) is 4.74 Å². The Hall–Kier alpha value is -4.65. The van der Waals surface area contributed by atoms with Gasteiger partial charge in [0.2, 0.25) is 5.91 Å². The summed E-state index contributed by atoms with van der Waals surface area (Å²) in [4.78, 5) is 31.8. The van der Waals surface area contributed by atoms with E-state index in [0.717, 1.165) is 10.6 Å². The van der Waals surface area contributed by atoms with Crippen LogP contribution in [0.15, 0.2) is 119 Å². The van der Waals surface area contributed by atoms with Gasteiger partial charge in [-0.2, -0.15) is 5.26 Å². The summed E-state index contributed by atoms with van der Waals surface area (Å²) >= 11 is 2.70. The number of hydrogen-bond donors (Lipinski definition) is 2. The number of thiophene rings is 1. The average Bonchev–Trinajstić information content (AvgIpc) is 3.52. The van der Waals surface area contributed by atoms with Crippen LogP contribution in [0.2, 0.25) is 0 Å². The molecule has 1 aromatic heterocycles. The summed E-state index contributed by atoms with van der Waals surface area (Å²) in [5.74, 6) is -0.275. The van der Waals surface area contributed by atoms with Crippen LogP contribution < -0.4 is 15.4 Å². The maximum Gasteiger partial charge on any atom is 0.254 e. The van der Waals surface area contributed by atoms with Gasteiger partial charge in [0.15, 0.2) is 0 Å². The van der Waals surface area contributed by atoms with Gasteiger partial charge in [-0.05, 0) is 66.9 Å². The number of benzene rings is 3. The van der Waals surface area contributed by atoms with E-state index in [2.05, 4.69) is 21.7 Å². The molecule has 0 spiro atoms. The summed E-state index contributed by atoms with van der Waals surface area (Å²) in [6, 6.07) is 31.9. The van der Waals surface area contributed by atoms with Gasteiger partial charge in [0.1, 0.15) is 17.4 Å². The van der Waals surface area contributed by atoms with Crippen molar-refractivity contribution in [3.8, 4) is 17.6 Å². The first-order valence-corrected chi connectivity index (χ1v) is 14.7. The number of hydrogen-bond acceptors (Lipinski definition) is 7. The number of carbonyl (C=O) groups is 2. The SMILES string of the molecule is CC1=C(C(=O)Nc2ccccc2)C(c2cccs2)C(C#N)C(SCC(=O)Nc2ccc(Oc3ccccc3)cc2)=N1. The van der Waals surface area contributed by atoms with E-state index in [1.807, 2.05) is 78.2 Å². The van der Waals surface area contributed by atoms with Crippen molar-refractivity contribution in [3.05, 3.63) is 119 Å². The molecule has 9 heteroatoms. The third-order valence-corrected chi connectivity index (χ3v) is 8.31. The summed E-state index contributed by atoms with van der Waals surface area (Å²) in [5, 5.41) is 18.5. The normalized spacial score (nSPS) is 16.3. The van der Waals surface area contributed by atoms with Crippen molar-refractivity contribution in [2.75, 3.05) is 16.4 Å². The predicted molar refractivity (Wildman–Crippen MR) is 165 cm³/mol. The summed E-state index contributed by atoms with van der Waals surface area (Å²) in [7, 11) is 0. The highest BCUT2D eigenvalue weighted by atomic mass is 32.2. The van der Waals surface area contributed by atoms with Gasteiger partial charge in [-0.15, -0.1) is 11.3 Å². The summed E-state index contributed by atoms with van der Waals surface area (Å²) in [6.45, 7) is 1.77. The van der Waals surface area contributed by atoms with Gasteiger partial charge in [-0.1, -0.05) is 54.2 Å². The lowest BCUT2D eigenvalue weighted by atomic mass is 9.82. The Labute approximate surface area is 246 Å². The molecule has 0 fully saturated rings. The minimum absolute atomic E-state index is 0.0647. The fourth-order valence-electron chi connectivity index (χ4n) is 4.45. The van der Waals surface area contributed by atoms with Crippen LogP contribution in [0.4, 0.5) is 11.4 Å². The van der Waals surface area contributed by atoms with Crippen LogP contribution in [0.1, 0.15) is 17.7 Å². The highest BCUT2D eigenvalue weighted by molar-refractivity contribution is 8.14. The zero-order chi connectivity index (χ0) is 28.6. The third-order valence-electron chi connectivity index (χ3n) is 6.31. The lowest BCUT2D eigenvalue weighted by molar-refractivity contribution is -0.114. The van der Waals surface area contributed by atoms with E-state index >= 15 is 0 Å². The van der Waals surface area contributed by atoms with Gasteiger partial charge in [0.05, 0.1) is 16.9 Å². The number of anilines is 2. The fraction of sp³-hybridized carbons (Fsp3) is 0.125. The quantitative estimate of drug-likeness (QED) is 0.226. The lowest BCUT2D eigenvalue weighted by Crippen LogP contribution is -2.31. The molecule has 7 nitrogen and oxygen atoms in total. The lowest BCUT2D eigenvalue weighted by Gasteiger charge is -2.29. The van der Waals surface area contributed by atoms with Crippen molar-refractivity contribution in [2.45, 2.75) is 12.8 Å².